The van der Waals surface area contributed by atoms with Crippen LogP contribution < -0.4 is 10.6 Å². The van der Waals surface area contributed by atoms with Gasteiger partial charge in [0.2, 0.25) is 11.8 Å². The van der Waals surface area contributed by atoms with E-state index >= 15 is 0 Å². The van der Waals surface area contributed by atoms with Crippen LogP contribution in [0.5, 0.6) is 0 Å². The van der Waals surface area contributed by atoms with Crippen molar-refractivity contribution in [1.82, 2.24) is 10.6 Å². The molecule has 4 aliphatic heterocycles. The van der Waals surface area contributed by atoms with Crippen molar-refractivity contribution in [2.45, 2.75) is 137 Å². The van der Waals surface area contributed by atoms with Crippen LogP contribution >= 0.6 is 0 Å². The van der Waals surface area contributed by atoms with Gasteiger partial charge in [-0.15, -0.1) is 0 Å². The Morgan fingerprint density at radius 2 is 0.918 bits per heavy atom. The van der Waals surface area contributed by atoms with Crippen LogP contribution in [0.1, 0.15) is 13.8 Å². The number of aliphatic carboxylic acids is 2. The lowest BCUT2D eigenvalue weighted by Gasteiger charge is -2.49. The average molecular weight is 937 g/mol. The smallest absolute Gasteiger partial charge is 0.397 e. The summed E-state index contributed by atoms with van der Waals surface area (Å²) in [5.74, 6) is -5.82. The van der Waals surface area contributed by atoms with Gasteiger partial charge in [0.15, 0.2) is 37.4 Å². The summed E-state index contributed by atoms with van der Waals surface area (Å²) in [5, 5.41) is 110. The number of hydrogen-bond acceptors (Lipinski definition) is 25. The summed E-state index contributed by atoms with van der Waals surface area (Å²) in [6, 6.07) is -3.83. The summed E-state index contributed by atoms with van der Waals surface area (Å²) in [7, 11) is -10.5. The summed E-state index contributed by atoms with van der Waals surface area (Å²) in [6.07, 6.45) is -40.8. The van der Waals surface area contributed by atoms with Gasteiger partial charge in [-0.3, -0.25) is 18.7 Å². The van der Waals surface area contributed by atoms with E-state index in [0.29, 0.717) is 0 Å². The topological polar surface area (TPSA) is 486 Å². The highest BCUT2D eigenvalue weighted by atomic mass is 32.3. The van der Waals surface area contributed by atoms with Gasteiger partial charge in [-0.1, -0.05) is 0 Å². The van der Waals surface area contributed by atoms with E-state index in [0.717, 1.165) is 13.8 Å². The second kappa shape index (κ2) is 20.2. The van der Waals surface area contributed by atoms with E-state index in [9.17, 15) is 91.6 Å². The first-order valence-electron chi connectivity index (χ1n) is 17.4. The number of carboxylic acid groups (broad SMARTS) is 2. The number of rotatable bonds is 16. The highest BCUT2D eigenvalue weighted by Crippen LogP contribution is 2.35. The molecule has 0 aromatic rings. The number of carbonyl (C=O) groups excluding carboxylic acids is 2. The van der Waals surface area contributed by atoms with E-state index in [1.165, 1.54) is 0 Å². The zero-order chi connectivity index (χ0) is 46.0. The number of amides is 2. The number of hydrogen-bond donors (Lipinski definition) is 14. The minimum absolute atomic E-state index is 0.861. The molecular weight excluding hydrogens is 892 g/mol. The van der Waals surface area contributed by atoms with Gasteiger partial charge in [-0.05, 0) is 0 Å². The Balaban J connectivity index is 1.68. The Morgan fingerprint density at radius 1 is 0.508 bits per heavy atom. The standard InChI is InChI=1S/C28H44N2O29S2/c1-5(31)29-9-18(11(33)7(53-25(9)44)3-51-60(45,46)47)55-28-17(39)15(37)20(22(59-28)24(42)43)57-26-10(30-6(2)32)19(12(34)8(54-26)4-52-61(48,49)50)56-27-16(38)13(35)14(36)21(58-27)23(40)41/h7-22,25-28,33-39,44H,3-4H2,1-2H3,(H,29,31)(H,30,32)(H,40,41)(H,42,43)(H,45,46,47)(H,48,49,50)/t7-,8-,9-,10-,11+,12+,13+,14+,15-,16-,17-,18-,19-,20+,21+,22+,25?,26+,27-,28-/m1/s1. The minimum atomic E-state index is -5.32. The molecular formula is C28H44N2O29S2. The average Bonchev–Trinajstić information content (AvgIpc) is 3.13. The van der Waals surface area contributed by atoms with Crippen LogP contribution in [0.2, 0.25) is 0 Å². The van der Waals surface area contributed by atoms with Crippen LogP contribution in [0, 0.1) is 0 Å². The zero-order valence-electron chi connectivity index (χ0n) is 31.1. The predicted molar refractivity (Wildman–Crippen MR) is 179 cm³/mol. The number of nitrogens with one attached hydrogen (secondary N) is 2. The van der Waals surface area contributed by atoms with Gasteiger partial charge in [-0.25, -0.2) is 18.0 Å². The Bertz CT molecular complexity index is 1790. The highest BCUT2D eigenvalue weighted by molar-refractivity contribution is 7.81. The molecule has 0 aromatic heterocycles. The van der Waals surface area contributed by atoms with E-state index in [1.807, 2.05) is 0 Å². The zero-order valence-corrected chi connectivity index (χ0v) is 32.7. The van der Waals surface area contributed by atoms with Gasteiger partial charge in [0.1, 0.15) is 85.3 Å². The second-order valence-corrected chi connectivity index (χ2v) is 15.9. The molecule has 0 radical (unpaired) electrons. The second-order valence-electron chi connectivity index (χ2n) is 13.7. The van der Waals surface area contributed by atoms with E-state index < -0.39 is 180 Å². The number of aliphatic hydroxyl groups is 8. The molecule has 4 fully saturated rings. The van der Waals surface area contributed by atoms with Crippen LogP contribution in [0.4, 0.5) is 0 Å². The van der Waals surface area contributed by atoms with E-state index in [4.69, 9.17) is 37.7 Å². The Labute approximate surface area is 342 Å². The molecule has 4 rings (SSSR count). The van der Waals surface area contributed by atoms with Crippen LogP contribution in [0.15, 0.2) is 0 Å². The molecule has 4 heterocycles. The number of carbonyl (C=O) groups is 4. The van der Waals surface area contributed by atoms with Crippen LogP contribution in [-0.2, 0) is 81.5 Å². The third kappa shape index (κ3) is 12.6. The Kier molecular flexibility index (Phi) is 16.8. The Morgan fingerprint density at radius 3 is 1.38 bits per heavy atom. The molecule has 61 heavy (non-hydrogen) atoms. The molecule has 2 amide bonds. The fourth-order valence-corrected chi connectivity index (χ4v) is 7.19. The molecule has 1 unspecified atom stereocenters. The highest BCUT2D eigenvalue weighted by Gasteiger charge is 2.57. The first-order valence-corrected chi connectivity index (χ1v) is 20.1. The SMILES string of the molecule is CC(=O)N[C@H]1[C@H](O[C@H]2[C@H](O)[C@@H](O)[C@H](O[C@H]3[C@@H](O)[C@@H](COS(=O)(=O)O)OC(O)[C@@H]3NC(C)=O)O[C@@H]2C(=O)O)O[C@H](COS(=O)(=O)O)[C@H](O)[C@@H]1O[C@@H]1O[C@H](C(=O)O)[C@@H](O)[C@H](O)[C@H]1O. The van der Waals surface area contributed by atoms with Crippen molar-refractivity contribution in [2.24, 2.45) is 0 Å². The quantitative estimate of drug-likeness (QED) is 0.0639. The normalized spacial score (nSPS) is 42.3. The van der Waals surface area contributed by atoms with Gasteiger partial charge < -0.3 is 94.9 Å². The molecule has 4 aliphatic rings. The summed E-state index contributed by atoms with van der Waals surface area (Å²) in [5.41, 5.74) is 0. The largest absolute Gasteiger partial charge is 0.479 e. The van der Waals surface area contributed by atoms with Crippen molar-refractivity contribution < 1.29 is 138 Å². The number of carboxylic acids is 2. The fraction of sp³-hybridized carbons (Fsp3) is 0.857. The van der Waals surface area contributed by atoms with Gasteiger partial charge >= 0.3 is 32.7 Å². The lowest BCUT2D eigenvalue weighted by Crippen LogP contribution is -2.70. The fourth-order valence-electron chi connectivity index (χ4n) is 6.58. The minimum Gasteiger partial charge on any atom is -0.479 e. The van der Waals surface area contributed by atoms with Crippen molar-refractivity contribution in [1.29, 1.82) is 0 Å². The Hall–Kier alpha value is -2.98. The van der Waals surface area contributed by atoms with Gasteiger partial charge in [0, 0.05) is 13.8 Å². The maximum absolute atomic E-state index is 12.6. The van der Waals surface area contributed by atoms with E-state index in [2.05, 4.69) is 19.0 Å². The molecule has 14 N–H and O–H groups in total. The number of ether oxygens (including phenoxy) is 7. The summed E-state index contributed by atoms with van der Waals surface area (Å²) >= 11 is 0. The first kappa shape index (κ1) is 50.7. The molecule has 0 bridgehead atoms. The molecule has 20 atom stereocenters. The molecule has 0 aliphatic carbocycles. The lowest BCUT2D eigenvalue weighted by atomic mass is 9.94. The molecule has 4 saturated heterocycles. The first-order chi connectivity index (χ1) is 28.1. The van der Waals surface area contributed by atoms with Crippen LogP contribution in [0.25, 0.3) is 0 Å². The summed E-state index contributed by atoms with van der Waals surface area (Å²) in [6.45, 7) is -0.729. The maximum atomic E-state index is 12.6. The van der Waals surface area contributed by atoms with Crippen LogP contribution in [0.3, 0.4) is 0 Å². The molecule has 31 nitrogen and oxygen atoms in total. The van der Waals surface area contributed by atoms with E-state index in [1.54, 1.807) is 0 Å². The number of aliphatic hydroxyl groups excluding tert-OH is 8. The third-order valence-electron chi connectivity index (χ3n) is 9.34. The van der Waals surface area contributed by atoms with Crippen molar-refractivity contribution in [3.8, 4) is 0 Å². The summed E-state index contributed by atoms with van der Waals surface area (Å²) in [4.78, 5) is 48.7. The molecule has 352 valence electrons. The summed E-state index contributed by atoms with van der Waals surface area (Å²) < 4.78 is 109. The van der Waals surface area contributed by atoms with Crippen molar-refractivity contribution in [3.63, 3.8) is 0 Å². The van der Waals surface area contributed by atoms with Crippen molar-refractivity contribution in [3.05, 3.63) is 0 Å². The van der Waals surface area contributed by atoms with Crippen molar-refractivity contribution >= 4 is 44.6 Å². The monoisotopic (exact) mass is 936 g/mol. The molecule has 0 spiro atoms. The maximum Gasteiger partial charge on any atom is 0.397 e. The molecule has 0 saturated carbocycles. The van der Waals surface area contributed by atoms with Gasteiger partial charge in [0.25, 0.3) is 0 Å². The third-order valence-corrected chi connectivity index (χ3v) is 10.2. The molecule has 33 heteroatoms. The molecule has 0 aromatic carbocycles. The lowest BCUT2D eigenvalue weighted by molar-refractivity contribution is -0.368. The predicted octanol–water partition coefficient (Wildman–Crippen LogP) is -9.62. The van der Waals surface area contributed by atoms with Gasteiger partial charge in [0.05, 0.1) is 13.2 Å². The van der Waals surface area contributed by atoms with Crippen LogP contribution in [-0.4, -0.2) is 237 Å². The van der Waals surface area contributed by atoms with E-state index in [-0.39, 0.29) is 0 Å². The van der Waals surface area contributed by atoms with Gasteiger partial charge in [-0.2, -0.15) is 16.8 Å². The van der Waals surface area contributed by atoms with Crippen molar-refractivity contribution in [2.75, 3.05) is 13.2 Å².